The van der Waals surface area contributed by atoms with Crippen LogP contribution >= 0.6 is 0 Å². The number of epoxide rings is 1. The van der Waals surface area contributed by atoms with Gasteiger partial charge in [-0.25, -0.2) is 0 Å². The lowest BCUT2D eigenvalue weighted by molar-refractivity contribution is -0.479. The molecule has 1 aliphatic rings. The molecule has 28 heteroatoms. The van der Waals surface area contributed by atoms with Crippen LogP contribution in [0.15, 0.2) is 0 Å². The van der Waals surface area contributed by atoms with Gasteiger partial charge in [-0.15, -0.1) is 0 Å². The van der Waals surface area contributed by atoms with Gasteiger partial charge >= 0.3 is 77.2 Å². The van der Waals surface area contributed by atoms with Crippen LogP contribution < -0.4 is 0 Å². The SMILES string of the molecule is FC(F)(F)CC(F)(F)C(F)(F)C(F)(F)C(F)(F)C(F)(F)C(F)(F)C(F)(F)C(F)(F)C(F)(F)C(F)(F)C(F)(F)C(F)(F)C1CO1. The first kappa shape index (κ1) is 40.1. The van der Waals surface area contributed by atoms with E-state index in [1.165, 1.54) is 0 Å². The van der Waals surface area contributed by atoms with Crippen molar-refractivity contribution in [1.29, 1.82) is 0 Å². The molecule has 1 nitrogen and oxygen atoms in total. The fourth-order valence-electron chi connectivity index (χ4n) is 2.84. The molecule has 1 unspecified atom stereocenters. The topological polar surface area (TPSA) is 12.5 Å². The van der Waals surface area contributed by atoms with Gasteiger partial charge in [-0.05, 0) is 0 Å². The van der Waals surface area contributed by atoms with Crippen LogP contribution in [0.1, 0.15) is 6.42 Å². The van der Waals surface area contributed by atoms with Crippen molar-refractivity contribution in [3.63, 3.8) is 0 Å². The van der Waals surface area contributed by atoms with E-state index in [0.29, 0.717) is 0 Å². The second-order valence-corrected chi connectivity index (χ2v) is 8.69. The van der Waals surface area contributed by atoms with Crippen LogP contribution in [-0.4, -0.2) is 90.0 Å². The van der Waals surface area contributed by atoms with E-state index in [1.807, 2.05) is 0 Å². The molecule has 0 saturated carbocycles. The number of ether oxygens (including phenoxy) is 1. The lowest BCUT2D eigenvalue weighted by Gasteiger charge is -2.46. The molecule has 0 aromatic carbocycles. The van der Waals surface area contributed by atoms with Gasteiger partial charge in [-0.1, -0.05) is 0 Å². The van der Waals surface area contributed by atoms with Crippen molar-refractivity contribution >= 4 is 0 Å². The zero-order valence-corrected chi connectivity index (χ0v) is 19.1. The van der Waals surface area contributed by atoms with Gasteiger partial charge in [0.25, 0.3) is 0 Å². The van der Waals surface area contributed by atoms with Gasteiger partial charge in [-0.2, -0.15) is 119 Å². The lowest BCUT2D eigenvalue weighted by Crippen LogP contribution is -2.78. The Morgan fingerprint density at radius 3 is 0.750 bits per heavy atom. The van der Waals surface area contributed by atoms with Crippen molar-refractivity contribution in [3.8, 4) is 0 Å². The summed E-state index contributed by atoms with van der Waals surface area (Å²) in [4.78, 5) is 0. The van der Waals surface area contributed by atoms with Crippen LogP contribution in [0.4, 0.5) is 119 Å². The predicted molar refractivity (Wildman–Crippen MR) is 79.8 cm³/mol. The van der Waals surface area contributed by atoms with Crippen molar-refractivity contribution in [2.24, 2.45) is 0 Å². The molecule has 1 fully saturated rings. The summed E-state index contributed by atoms with van der Waals surface area (Å²) in [7, 11) is 0. The molecule has 0 aromatic rings. The summed E-state index contributed by atoms with van der Waals surface area (Å²) in [5.41, 5.74) is 0. The Bertz CT molecular complexity index is 1060. The Morgan fingerprint density at radius 1 is 0.341 bits per heavy atom. The molecule has 0 N–H and O–H groups in total. The third-order valence-electron chi connectivity index (χ3n) is 5.59. The van der Waals surface area contributed by atoms with Crippen LogP contribution in [0.3, 0.4) is 0 Å². The summed E-state index contributed by atoms with van der Waals surface area (Å²) in [6.07, 6.45) is -15.2. The Kier molecular flexibility index (Phi) is 8.92. The molecule has 0 bridgehead atoms. The van der Waals surface area contributed by atoms with Gasteiger partial charge in [-0.3, -0.25) is 0 Å². The third kappa shape index (κ3) is 4.87. The highest BCUT2D eigenvalue weighted by Crippen LogP contribution is 2.68. The van der Waals surface area contributed by atoms with Gasteiger partial charge in [0.2, 0.25) is 0 Å². The largest absolute Gasteiger partial charge is 0.395 e. The van der Waals surface area contributed by atoms with Gasteiger partial charge in [0.15, 0.2) is 6.10 Å². The quantitative estimate of drug-likeness (QED) is 0.137. The number of alkyl halides is 27. The second-order valence-electron chi connectivity index (χ2n) is 8.69. The van der Waals surface area contributed by atoms with Gasteiger partial charge in [0, 0.05) is 0 Å². The fourth-order valence-corrected chi connectivity index (χ4v) is 2.84. The van der Waals surface area contributed by atoms with Crippen molar-refractivity contribution < 1.29 is 123 Å². The average molecular weight is 726 g/mol. The van der Waals surface area contributed by atoms with Crippen LogP contribution in [0, 0.1) is 0 Å². The average Bonchev–Trinajstić information content (AvgIpc) is 3.62. The molecule has 1 atom stereocenters. The maximum absolute atomic E-state index is 13.7. The molecule has 264 valence electrons. The summed E-state index contributed by atoms with van der Waals surface area (Å²) in [5.74, 6) is -107. The first-order chi connectivity index (χ1) is 18.6. The minimum absolute atomic E-state index is 1.79. The van der Waals surface area contributed by atoms with E-state index in [9.17, 15) is 119 Å². The highest BCUT2D eigenvalue weighted by Gasteiger charge is 2.99. The maximum Gasteiger partial charge on any atom is 0.395 e. The molecule has 0 amide bonds. The predicted octanol–water partition coefficient (Wildman–Crippen LogP) is 8.96. The molecule has 0 spiro atoms. The Morgan fingerprint density at radius 2 is 0.545 bits per heavy atom. The van der Waals surface area contributed by atoms with Crippen molar-refractivity contribution in [1.82, 2.24) is 0 Å². The molecule has 1 aliphatic heterocycles. The Hall–Kier alpha value is -1.93. The summed E-state index contributed by atoms with van der Waals surface area (Å²) in [6.45, 7) is -1.79. The van der Waals surface area contributed by atoms with E-state index in [4.69, 9.17) is 0 Å². The van der Waals surface area contributed by atoms with Crippen LogP contribution in [0.5, 0.6) is 0 Å². The van der Waals surface area contributed by atoms with E-state index in [1.54, 1.807) is 0 Å². The molecular weight excluding hydrogens is 721 g/mol. The summed E-state index contributed by atoms with van der Waals surface area (Å²) in [5, 5.41) is 0. The summed E-state index contributed by atoms with van der Waals surface area (Å²) >= 11 is 0. The zero-order chi connectivity index (χ0) is 36.2. The highest BCUT2D eigenvalue weighted by atomic mass is 19.4. The molecule has 1 heterocycles. The van der Waals surface area contributed by atoms with E-state index >= 15 is 0 Å². The van der Waals surface area contributed by atoms with Gasteiger partial charge in [0.1, 0.15) is 6.42 Å². The molecular formula is C16H5F27O. The van der Waals surface area contributed by atoms with Gasteiger partial charge < -0.3 is 4.74 Å². The van der Waals surface area contributed by atoms with Crippen molar-refractivity contribution in [2.45, 2.75) is 89.8 Å². The second kappa shape index (κ2) is 9.79. The highest BCUT2D eigenvalue weighted by molar-refractivity contribution is 5.20. The minimum atomic E-state index is -9.69. The van der Waals surface area contributed by atoms with Crippen LogP contribution in [-0.2, 0) is 4.74 Å². The number of halogens is 27. The first-order valence-corrected chi connectivity index (χ1v) is 9.78. The standard InChI is InChI=1S/C16H5F27O/c17-4(18,2-5(19,20)21)7(24,25)9(28,29)11(32,33)13(36,37)15(40,41)16(42,43)14(38,39)12(34,35)10(30,31)8(26,27)6(22,23)3-1-44-3/h3H,1-2H2. The molecule has 0 aliphatic carbocycles. The lowest BCUT2D eigenvalue weighted by atomic mass is 9.83. The van der Waals surface area contributed by atoms with Gasteiger partial charge in [0.05, 0.1) is 6.61 Å². The van der Waals surface area contributed by atoms with Crippen molar-refractivity contribution in [2.75, 3.05) is 6.61 Å². The first-order valence-electron chi connectivity index (χ1n) is 9.78. The number of hydrogen-bond donors (Lipinski definition) is 0. The normalized spacial score (nSPS) is 19.8. The number of hydrogen-bond acceptors (Lipinski definition) is 1. The fraction of sp³-hybridized carbons (Fsp3) is 1.00. The third-order valence-corrected chi connectivity index (χ3v) is 5.59. The zero-order valence-electron chi connectivity index (χ0n) is 19.1. The minimum Gasteiger partial charge on any atom is -0.366 e. The molecule has 0 radical (unpaired) electrons. The Labute approximate surface area is 221 Å². The molecule has 0 aromatic heterocycles. The monoisotopic (exact) mass is 726 g/mol. The Balaban J connectivity index is 3.84. The van der Waals surface area contributed by atoms with E-state index in [2.05, 4.69) is 4.74 Å². The summed E-state index contributed by atoms with van der Waals surface area (Å²) in [6, 6.07) is 0. The van der Waals surface area contributed by atoms with Crippen LogP contribution in [0.25, 0.3) is 0 Å². The molecule has 1 saturated heterocycles. The van der Waals surface area contributed by atoms with Crippen LogP contribution in [0.2, 0.25) is 0 Å². The van der Waals surface area contributed by atoms with Crippen molar-refractivity contribution in [3.05, 3.63) is 0 Å². The molecule has 1 rings (SSSR count). The smallest absolute Gasteiger partial charge is 0.366 e. The van der Waals surface area contributed by atoms with E-state index in [0.717, 1.165) is 0 Å². The number of rotatable bonds is 13. The summed E-state index contributed by atoms with van der Waals surface area (Å²) < 4.78 is 364. The molecule has 44 heavy (non-hydrogen) atoms. The van der Waals surface area contributed by atoms with E-state index < -0.39 is 96.4 Å². The maximum atomic E-state index is 13.7. The van der Waals surface area contributed by atoms with E-state index in [-0.39, 0.29) is 0 Å².